The van der Waals surface area contributed by atoms with Gasteiger partial charge in [0, 0.05) is 11.6 Å². The van der Waals surface area contributed by atoms with Crippen LogP contribution in [0.2, 0.25) is 0 Å². The minimum atomic E-state index is -1.39. The Morgan fingerprint density at radius 3 is 2.29 bits per heavy atom. The van der Waals surface area contributed by atoms with Crippen molar-refractivity contribution >= 4 is 0 Å². The first-order valence-corrected chi connectivity index (χ1v) is 5.69. The summed E-state index contributed by atoms with van der Waals surface area (Å²) < 4.78 is 39.7. The maximum atomic E-state index is 13.7. The van der Waals surface area contributed by atoms with Crippen LogP contribution in [0.15, 0.2) is 12.1 Å². The van der Waals surface area contributed by atoms with Crippen LogP contribution in [0.25, 0.3) is 0 Å². The highest BCUT2D eigenvalue weighted by Crippen LogP contribution is 2.57. The molecule has 1 aromatic carbocycles. The maximum Gasteiger partial charge on any atom is 0.194 e. The highest BCUT2D eigenvalue weighted by atomic mass is 19.2. The number of rotatable bonds is 3. The predicted octanol–water partition coefficient (Wildman–Crippen LogP) is 3.41. The average Bonchev–Trinajstić information content (AvgIpc) is 2.89. The fourth-order valence-corrected chi connectivity index (χ4v) is 2.43. The largest absolute Gasteiger partial charge is 0.313 e. The Hall–Kier alpha value is -1.03. The van der Waals surface area contributed by atoms with Gasteiger partial charge in [0.2, 0.25) is 0 Å². The SMILES string of the molecule is CNC(c1ccc(F)c(F)c1F)C1CC1(C)C. The molecule has 1 aliphatic carbocycles. The number of hydrogen-bond acceptors (Lipinski definition) is 1. The number of benzene rings is 1. The van der Waals surface area contributed by atoms with Gasteiger partial charge in [-0.2, -0.15) is 0 Å². The topological polar surface area (TPSA) is 12.0 Å². The van der Waals surface area contributed by atoms with E-state index in [1.54, 1.807) is 7.05 Å². The van der Waals surface area contributed by atoms with E-state index in [4.69, 9.17) is 0 Å². The summed E-state index contributed by atoms with van der Waals surface area (Å²) in [6, 6.07) is 2.04. The van der Waals surface area contributed by atoms with Gasteiger partial charge < -0.3 is 5.32 Å². The van der Waals surface area contributed by atoms with Gasteiger partial charge in [-0.1, -0.05) is 19.9 Å². The molecule has 0 radical (unpaired) electrons. The third kappa shape index (κ3) is 2.06. The van der Waals surface area contributed by atoms with Crippen molar-refractivity contribution in [3.63, 3.8) is 0 Å². The summed E-state index contributed by atoms with van der Waals surface area (Å²) in [6.45, 7) is 4.17. The first-order valence-electron chi connectivity index (χ1n) is 5.69. The Morgan fingerprint density at radius 2 is 1.82 bits per heavy atom. The molecule has 2 rings (SSSR count). The summed E-state index contributed by atoms with van der Waals surface area (Å²) in [4.78, 5) is 0. The highest BCUT2D eigenvalue weighted by molar-refractivity contribution is 5.26. The second kappa shape index (κ2) is 4.02. The lowest BCUT2D eigenvalue weighted by atomic mass is 9.96. The third-order valence-electron chi connectivity index (χ3n) is 3.70. The normalized spacial score (nSPS) is 23.5. The van der Waals surface area contributed by atoms with E-state index in [2.05, 4.69) is 19.2 Å². The second-order valence-electron chi connectivity index (χ2n) is 5.33. The monoisotopic (exact) mass is 243 g/mol. The van der Waals surface area contributed by atoms with E-state index in [0.717, 1.165) is 12.5 Å². The molecule has 1 saturated carbocycles. The average molecular weight is 243 g/mol. The molecular formula is C13H16F3N. The molecule has 0 bridgehead atoms. The molecule has 1 aliphatic rings. The van der Waals surface area contributed by atoms with Gasteiger partial charge in [-0.15, -0.1) is 0 Å². The molecule has 0 spiro atoms. The summed E-state index contributed by atoms with van der Waals surface area (Å²) >= 11 is 0. The van der Waals surface area contributed by atoms with Crippen LogP contribution in [0.4, 0.5) is 13.2 Å². The van der Waals surface area contributed by atoms with Gasteiger partial charge in [0.25, 0.3) is 0 Å². The first kappa shape index (κ1) is 12.4. The molecule has 94 valence electrons. The lowest BCUT2D eigenvalue weighted by molar-refractivity contribution is 0.398. The van der Waals surface area contributed by atoms with Crippen molar-refractivity contribution in [3.8, 4) is 0 Å². The minimum absolute atomic E-state index is 0.130. The van der Waals surface area contributed by atoms with E-state index in [1.807, 2.05) is 0 Å². The van der Waals surface area contributed by atoms with Crippen LogP contribution >= 0.6 is 0 Å². The Morgan fingerprint density at radius 1 is 1.24 bits per heavy atom. The molecule has 0 amide bonds. The van der Waals surface area contributed by atoms with E-state index < -0.39 is 17.5 Å². The second-order valence-corrected chi connectivity index (χ2v) is 5.33. The van der Waals surface area contributed by atoms with Crippen molar-refractivity contribution in [2.24, 2.45) is 11.3 Å². The van der Waals surface area contributed by atoms with Crippen LogP contribution in [-0.4, -0.2) is 7.05 Å². The fraction of sp³-hybridized carbons (Fsp3) is 0.538. The van der Waals surface area contributed by atoms with Crippen LogP contribution in [0, 0.1) is 28.8 Å². The molecule has 0 saturated heterocycles. The first-order chi connectivity index (χ1) is 7.88. The van der Waals surface area contributed by atoms with E-state index in [-0.39, 0.29) is 22.9 Å². The molecule has 1 aromatic rings. The number of hydrogen-bond donors (Lipinski definition) is 1. The summed E-state index contributed by atoms with van der Waals surface area (Å²) in [7, 11) is 1.71. The lowest BCUT2D eigenvalue weighted by Gasteiger charge is -2.19. The Labute approximate surface area is 99.0 Å². The number of halogens is 3. The molecule has 2 atom stereocenters. The predicted molar refractivity (Wildman–Crippen MR) is 60.0 cm³/mol. The Bertz CT molecular complexity index is 443. The van der Waals surface area contributed by atoms with Crippen molar-refractivity contribution in [2.75, 3.05) is 7.05 Å². The third-order valence-corrected chi connectivity index (χ3v) is 3.70. The molecule has 1 N–H and O–H groups in total. The molecule has 4 heteroatoms. The molecule has 0 heterocycles. The van der Waals surface area contributed by atoms with Crippen molar-refractivity contribution in [2.45, 2.75) is 26.3 Å². The van der Waals surface area contributed by atoms with Gasteiger partial charge in [0.1, 0.15) is 0 Å². The summed E-state index contributed by atoms with van der Waals surface area (Å²) in [5.74, 6) is -3.35. The Balaban J connectivity index is 2.36. The molecule has 17 heavy (non-hydrogen) atoms. The van der Waals surface area contributed by atoms with Crippen LogP contribution in [-0.2, 0) is 0 Å². The molecule has 1 fully saturated rings. The summed E-state index contributed by atoms with van der Waals surface area (Å²) in [6.07, 6.45) is 0.955. The van der Waals surface area contributed by atoms with Gasteiger partial charge >= 0.3 is 0 Å². The van der Waals surface area contributed by atoms with Crippen molar-refractivity contribution in [1.29, 1.82) is 0 Å². The quantitative estimate of drug-likeness (QED) is 0.802. The smallest absolute Gasteiger partial charge is 0.194 e. The van der Waals surface area contributed by atoms with Crippen molar-refractivity contribution < 1.29 is 13.2 Å². The number of nitrogens with one attached hydrogen (secondary N) is 1. The molecule has 0 aromatic heterocycles. The zero-order valence-corrected chi connectivity index (χ0v) is 10.2. The van der Waals surface area contributed by atoms with Gasteiger partial charge in [0.05, 0.1) is 0 Å². The standard InChI is InChI=1S/C13H16F3N/c1-13(2)6-8(13)12(17-3)7-4-5-9(14)11(16)10(7)15/h4-5,8,12,17H,6H2,1-3H3. The van der Waals surface area contributed by atoms with Crippen LogP contribution < -0.4 is 5.32 Å². The molecule has 0 aliphatic heterocycles. The van der Waals surface area contributed by atoms with Crippen LogP contribution in [0.3, 0.4) is 0 Å². The van der Waals surface area contributed by atoms with Gasteiger partial charge in [0.15, 0.2) is 17.5 Å². The zero-order valence-electron chi connectivity index (χ0n) is 10.2. The zero-order chi connectivity index (χ0) is 12.8. The minimum Gasteiger partial charge on any atom is -0.313 e. The fourth-order valence-electron chi connectivity index (χ4n) is 2.43. The highest BCUT2D eigenvalue weighted by Gasteiger charge is 2.50. The summed E-state index contributed by atoms with van der Waals surface area (Å²) in [5, 5.41) is 2.99. The van der Waals surface area contributed by atoms with E-state index in [0.29, 0.717) is 0 Å². The van der Waals surface area contributed by atoms with Crippen molar-refractivity contribution in [3.05, 3.63) is 35.1 Å². The van der Waals surface area contributed by atoms with Gasteiger partial charge in [-0.25, -0.2) is 13.2 Å². The summed E-state index contributed by atoms with van der Waals surface area (Å²) in [5.41, 5.74) is 0.340. The van der Waals surface area contributed by atoms with Crippen molar-refractivity contribution in [1.82, 2.24) is 5.32 Å². The van der Waals surface area contributed by atoms with E-state index in [1.165, 1.54) is 6.07 Å². The van der Waals surface area contributed by atoms with Gasteiger partial charge in [-0.3, -0.25) is 0 Å². The molecule has 1 nitrogen and oxygen atoms in total. The molecular weight excluding hydrogens is 227 g/mol. The maximum absolute atomic E-state index is 13.7. The van der Waals surface area contributed by atoms with Gasteiger partial charge in [-0.05, 0) is 30.9 Å². The Kier molecular flexibility index (Phi) is 2.94. The van der Waals surface area contributed by atoms with Crippen LogP contribution in [0.5, 0.6) is 0 Å². The van der Waals surface area contributed by atoms with E-state index >= 15 is 0 Å². The lowest BCUT2D eigenvalue weighted by Crippen LogP contribution is -2.22. The van der Waals surface area contributed by atoms with Crippen LogP contribution in [0.1, 0.15) is 31.9 Å². The molecule has 2 unspecified atom stereocenters. The van der Waals surface area contributed by atoms with E-state index in [9.17, 15) is 13.2 Å².